The summed E-state index contributed by atoms with van der Waals surface area (Å²) in [4.78, 5) is 28.1. The van der Waals surface area contributed by atoms with Gasteiger partial charge in [-0.25, -0.2) is 0 Å². The molecule has 0 aromatic heterocycles. The fraction of sp³-hybridized carbons (Fsp3) is 0.696. The fourth-order valence-electron chi connectivity index (χ4n) is 6.95. The van der Waals surface area contributed by atoms with Crippen LogP contribution in [0.4, 0.5) is 11.4 Å². The number of nitrogens with one attached hydrogen (secondary N) is 1. The second-order valence-corrected chi connectivity index (χ2v) is 10.2. The maximum Gasteiger partial charge on any atom is 0.269 e. The topological polar surface area (TPSA) is 78.7 Å². The first-order chi connectivity index (χ1) is 14.4. The lowest BCUT2D eigenvalue weighted by Gasteiger charge is -2.57. The van der Waals surface area contributed by atoms with Crippen LogP contribution in [-0.2, 0) is 4.79 Å². The van der Waals surface area contributed by atoms with Crippen LogP contribution in [0.3, 0.4) is 0 Å². The van der Waals surface area contributed by atoms with Gasteiger partial charge < -0.3 is 10.2 Å². The summed E-state index contributed by atoms with van der Waals surface area (Å²) in [5.74, 6) is 2.69. The van der Waals surface area contributed by atoms with Gasteiger partial charge in [0.05, 0.1) is 11.0 Å². The molecule has 5 fully saturated rings. The predicted molar refractivity (Wildman–Crippen MR) is 115 cm³/mol. The first kappa shape index (κ1) is 19.8. The first-order valence-electron chi connectivity index (χ1n) is 11.5. The molecule has 5 aliphatic rings. The number of nitro benzene ring substituents is 1. The van der Waals surface area contributed by atoms with Crippen molar-refractivity contribution in [2.75, 3.05) is 31.1 Å². The van der Waals surface area contributed by atoms with Crippen LogP contribution in [0, 0.1) is 27.9 Å². The number of benzene rings is 1. The van der Waals surface area contributed by atoms with Crippen LogP contribution in [-0.4, -0.2) is 53.5 Å². The third kappa shape index (κ3) is 3.68. The van der Waals surface area contributed by atoms with E-state index in [1.165, 1.54) is 38.5 Å². The van der Waals surface area contributed by atoms with Crippen molar-refractivity contribution in [1.82, 2.24) is 10.2 Å². The molecule has 1 saturated heterocycles. The van der Waals surface area contributed by atoms with E-state index in [1.807, 2.05) is 19.1 Å². The van der Waals surface area contributed by atoms with Crippen molar-refractivity contribution in [3.8, 4) is 0 Å². The summed E-state index contributed by atoms with van der Waals surface area (Å²) in [6.07, 6.45) is 7.71. The fourth-order valence-corrected chi connectivity index (χ4v) is 6.95. The highest BCUT2D eigenvalue weighted by Crippen LogP contribution is 2.55. The number of carbonyl (C=O) groups is 1. The van der Waals surface area contributed by atoms with E-state index in [-0.39, 0.29) is 28.1 Å². The van der Waals surface area contributed by atoms with Gasteiger partial charge in [0.15, 0.2) is 0 Å². The lowest BCUT2D eigenvalue weighted by molar-refractivity contribution is -0.384. The molecule has 162 valence electrons. The van der Waals surface area contributed by atoms with Crippen molar-refractivity contribution < 1.29 is 9.72 Å². The second-order valence-electron chi connectivity index (χ2n) is 10.2. The van der Waals surface area contributed by atoms with Crippen LogP contribution in [0.15, 0.2) is 24.3 Å². The van der Waals surface area contributed by atoms with Crippen LogP contribution < -0.4 is 10.2 Å². The summed E-state index contributed by atoms with van der Waals surface area (Å²) in [7, 11) is 0. The SMILES string of the molecule is CC(C(=O)NC12CC3CC(CC(C3)C1)C2)N1CCN(c2ccc([N+](=O)[O-])cc2)CC1. The minimum Gasteiger partial charge on any atom is -0.369 e. The average Bonchev–Trinajstić information content (AvgIpc) is 2.72. The Morgan fingerprint density at radius 1 is 1.03 bits per heavy atom. The Balaban J connectivity index is 1.16. The summed E-state index contributed by atoms with van der Waals surface area (Å²) in [6, 6.07) is 6.64. The standard InChI is InChI=1S/C23H32N4O3/c1-16(22(28)24-23-13-17-10-18(14-23)12-19(11-17)15-23)25-6-8-26(9-7-25)20-2-4-21(5-3-20)27(29)30/h2-5,16-19H,6-15H2,1H3,(H,24,28). The molecule has 4 saturated carbocycles. The highest BCUT2D eigenvalue weighted by molar-refractivity contribution is 5.82. The third-order valence-corrected chi connectivity index (χ3v) is 8.09. The van der Waals surface area contributed by atoms with Crippen molar-refractivity contribution in [3.05, 3.63) is 34.4 Å². The molecule has 1 N–H and O–H groups in total. The lowest BCUT2D eigenvalue weighted by Crippen LogP contribution is -2.63. The van der Waals surface area contributed by atoms with Crippen LogP contribution in [0.5, 0.6) is 0 Å². The van der Waals surface area contributed by atoms with Gasteiger partial charge in [0.2, 0.25) is 5.91 Å². The molecular weight excluding hydrogens is 380 g/mol. The van der Waals surface area contributed by atoms with Crippen LogP contribution in [0.1, 0.15) is 45.4 Å². The number of carbonyl (C=O) groups excluding carboxylic acids is 1. The van der Waals surface area contributed by atoms with E-state index in [4.69, 9.17) is 0 Å². The number of nitro groups is 1. The molecule has 1 amide bonds. The molecule has 4 aliphatic carbocycles. The maximum absolute atomic E-state index is 13.1. The number of nitrogens with zero attached hydrogens (tertiary/aromatic N) is 3. The van der Waals surface area contributed by atoms with Gasteiger partial charge in [-0.3, -0.25) is 19.8 Å². The van der Waals surface area contributed by atoms with Crippen molar-refractivity contribution in [2.45, 2.75) is 57.0 Å². The quantitative estimate of drug-likeness (QED) is 0.594. The largest absolute Gasteiger partial charge is 0.369 e. The van der Waals surface area contributed by atoms with Gasteiger partial charge in [-0.05, 0) is 75.3 Å². The molecular formula is C23H32N4O3. The molecule has 1 aromatic rings. The number of rotatable bonds is 5. The molecule has 7 heteroatoms. The van der Waals surface area contributed by atoms with Gasteiger partial charge >= 0.3 is 0 Å². The first-order valence-corrected chi connectivity index (χ1v) is 11.5. The van der Waals surface area contributed by atoms with E-state index >= 15 is 0 Å². The molecule has 6 rings (SSSR count). The van der Waals surface area contributed by atoms with Crippen molar-refractivity contribution in [3.63, 3.8) is 0 Å². The Hall–Kier alpha value is -2.15. The molecule has 0 spiro atoms. The van der Waals surface area contributed by atoms with Gasteiger partial charge in [0.25, 0.3) is 5.69 Å². The van der Waals surface area contributed by atoms with Gasteiger partial charge in [0, 0.05) is 49.5 Å². The van der Waals surface area contributed by atoms with E-state index in [2.05, 4.69) is 15.1 Å². The molecule has 1 aliphatic heterocycles. The Labute approximate surface area is 177 Å². The van der Waals surface area contributed by atoms with Crippen molar-refractivity contribution in [1.29, 1.82) is 0 Å². The zero-order chi connectivity index (χ0) is 20.9. The van der Waals surface area contributed by atoms with Gasteiger partial charge in [0.1, 0.15) is 0 Å². The van der Waals surface area contributed by atoms with E-state index in [1.54, 1.807) is 12.1 Å². The normalized spacial score (nSPS) is 34.0. The smallest absolute Gasteiger partial charge is 0.269 e. The Bertz CT molecular complexity index is 781. The van der Waals surface area contributed by atoms with E-state index in [9.17, 15) is 14.9 Å². The molecule has 0 radical (unpaired) electrons. The summed E-state index contributed by atoms with van der Waals surface area (Å²) in [6.45, 7) is 5.34. The minimum atomic E-state index is -0.369. The summed E-state index contributed by atoms with van der Waals surface area (Å²) in [5, 5.41) is 14.4. The average molecular weight is 413 g/mol. The number of hydrogen-bond acceptors (Lipinski definition) is 5. The van der Waals surface area contributed by atoms with Crippen LogP contribution >= 0.6 is 0 Å². The third-order valence-electron chi connectivity index (χ3n) is 8.09. The molecule has 7 nitrogen and oxygen atoms in total. The molecule has 1 atom stereocenters. The van der Waals surface area contributed by atoms with Gasteiger partial charge in [-0.15, -0.1) is 0 Å². The van der Waals surface area contributed by atoms with Crippen LogP contribution in [0.25, 0.3) is 0 Å². The molecule has 1 unspecified atom stereocenters. The number of non-ortho nitro benzene ring substituents is 1. The molecule has 30 heavy (non-hydrogen) atoms. The molecule has 1 aromatic carbocycles. The molecule has 4 bridgehead atoms. The zero-order valence-electron chi connectivity index (χ0n) is 17.8. The number of hydrogen-bond donors (Lipinski definition) is 1. The number of amides is 1. The van der Waals surface area contributed by atoms with Crippen LogP contribution in [0.2, 0.25) is 0 Å². The summed E-state index contributed by atoms with van der Waals surface area (Å²) < 4.78 is 0. The monoisotopic (exact) mass is 412 g/mol. The Morgan fingerprint density at radius 2 is 1.57 bits per heavy atom. The summed E-state index contributed by atoms with van der Waals surface area (Å²) >= 11 is 0. The van der Waals surface area contributed by atoms with Gasteiger partial charge in [-0.2, -0.15) is 0 Å². The second kappa shape index (κ2) is 7.52. The van der Waals surface area contributed by atoms with E-state index in [0.717, 1.165) is 49.6 Å². The summed E-state index contributed by atoms with van der Waals surface area (Å²) in [5.41, 5.74) is 1.19. The Morgan fingerprint density at radius 3 is 2.07 bits per heavy atom. The number of anilines is 1. The van der Waals surface area contributed by atoms with E-state index < -0.39 is 0 Å². The minimum absolute atomic E-state index is 0.0701. The zero-order valence-corrected chi connectivity index (χ0v) is 17.8. The lowest BCUT2D eigenvalue weighted by atomic mass is 9.53. The maximum atomic E-state index is 13.1. The molecule has 1 heterocycles. The highest BCUT2D eigenvalue weighted by Gasteiger charge is 2.51. The highest BCUT2D eigenvalue weighted by atomic mass is 16.6. The number of piperazine rings is 1. The predicted octanol–water partition coefficient (Wildman–Crippen LogP) is 3.19. The Kier molecular flexibility index (Phi) is 4.96. The van der Waals surface area contributed by atoms with E-state index in [0.29, 0.717) is 0 Å². The van der Waals surface area contributed by atoms with Crippen molar-refractivity contribution in [2.24, 2.45) is 17.8 Å². The van der Waals surface area contributed by atoms with Crippen molar-refractivity contribution >= 4 is 17.3 Å². The van der Waals surface area contributed by atoms with Gasteiger partial charge in [-0.1, -0.05) is 0 Å².